The van der Waals surface area contributed by atoms with Crippen LogP contribution < -0.4 is 10.0 Å². The Morgan fingerprint density at radius 2 is 1.66 bits per heavy atom. The van der Waals surface area contributed by atoms with Crippen molar-refractivity contribution in [3.63, 3.8) is 0 Å². The first kappa shape index (κ1) is 22.4. The van der Waals surface area contributed by atoms with Crippen molar-refractivity contribution in [1.82, 2.24) is 4.90 Å². The van der Waals surface area contributed by atoms with Crippen molar-refractivity contribution in [3.05, 3.63) is 59.2 Å². The van der Waals surface area contributed by atoms with E-state index in [1.807, 2.05) is 43.3 Å². The zero-order valence-corrected chi connectivity index (χ0v) is 17.7. The molecule has 0 unspecified atom stereocenters. The number of benzene rings is 2. The Morgan fingerprint density at radius 3 is 2.21 bits per heavy atom. The number of carbonyl (C=O) groups is 2. The average Bonchev–Trinajstić information content (AvgIpc) is 2.65. The highest BCUT2D eigenvalue weighted by molar-refractivity contribution is 7.89. The summed E-state index contributed by atoms with van der Waals surface area (Å²) in [5, 5.41) is 5.14. The van der Waals surface area contributed by atoms with Gasteiger partial charge in [-0.25, -0.2) is 18.4 Å². The fourth-order valence-electron chi connectivity index (χ4n) is 2.62. The van der Waals surface area contributed by atoms with E-state index in [2.05, 4.69) is 0 Å². The van der Waals surface area contributed by atoms with Crippen LogP contribution in [-0.4, -0.2) is 52.9 Å². The molecule has 0 aliphatic rings. The van der Waals surface area contributed by atoms with Crippen molar-refractivity contribution in [3.8, 4) is 0 Å². The molecule has 156 valence electrons. The molecule has 29 heavy (non-hydrogen) atoms. The minimum absolute atomic E-state index is 0.00866. The number of carbonyl (C=O) groups excluding carboxylic acids is 2. The number of rotatable bonds is 7. The Kier molecular flexibility index (Phi) is 6.99. The molecule has 9 heteroatoms. The molecule has 0 fully saturated rings. The smallest absolute Gasteiger partial charge is 0.338 e. The minimum Gasteiger partial charge on any atom is -0.452 e. The predicted molar refractivity (Wildman–Crippen MR) is 110 cm³/mol. The third-order valence-electron chi connectivity index (χ3n) is 4.36. The van der Waals surface area contributed by atoms with Crippen LogP contribution in [0.1, 0.15) is 21.5 Å². The van der Waals surface area contributed by atoms with Gasteiger partial charge < -0.3 is 14.5 Å². The summed E-state index contributed by atoms with van der Waals surface area (Å²) in [6.07, 6.45) is 0. The lowest BCUT2D eigenvalue weighted by Gasteiger charge is -2.18. The molecule has 0 atom stereocenters. The highest BCUT2D eigenvalue weighted by Gasteiger charge is 2.18. The number of likely N-dealkylation sites (N-methyl/N-ethyl adjacent to an activating group) is 1. The van der Waals surface area contributed by atoms with Crippen molar-refractivity contribution in [2.75, 3.05) is 32.6 Å². The summed E-state index contributed by atoms with van der Waals surface area (Å²) in [7, 11) is 1.54. The maximum atomic E-state index is 12.3. The summed E-state index contributed by atoms with van der Waals surface area (Å²) in [6.45, 7) is 1.48. The molecule has 0 aromatic heterocycles. The van der Waals surface area contributed by atoms with Crippen molar-refractivity contribution in [2.24, 2.45) is 5.14 Å². The van der Waals surface area contributed by atoms with Crippen LogP contribution in [0.25, 0.3) is 0 Å². The number of esters is 1. The monoisotopic (exact) mass is 419 g/mol. The van der Waals surface area contributed by atoms with Gasteiger partial charge in [0.25, 0.3) is 5.91 Å². The van der Waals surface area contributed by atoms with Crippen LogP contribution in [0.5, 0.6) is 0 Å². The number of sulfonamides is 1. The molecule has 0 saturated carbocycles. The third-order valence-corrected chi connectivity index (χ3v) is 5.41. The maximum Gasteiger partial charge on any atom is 0.338 e. The Balaban J connectivity index is 1.96. The molecule has 0 bridgehead atoms. The molecule has 0 radical (unpaired) electrons. The predicted octanol–water partition coefficient (Wildman–Crippen LogP) is 1.52. The normalized spacial score (nSPS) is 11.1. The van der Waals surface area contributed by atoms with E-state index in [-0.39, 0.29) is 16.4 Å². The Bertz CT molecular complexity index is 1000. The molecular weight excluding hydrogens is 394 g/mol. The van der Waals surface area contributed by atoms with E-state index in [0.29, 0.717) is 12.1 Å². The first-order valence-corrected chi connectivity index (χ1v) is 10.3. The molecule has 0 aliphatic carbocycles. The van der Waals surface area contributed by atoms with Gasteiger partial charge in [-0.1, -0.05) is 18.2 Å². The molecule has 0 heterocycles. The summed E-state index contributed by atoms with van der Waals surface area (Å²) in [4.78, 5) is 27.7. The zero-order valence-electron chi connectivity index (χ0n) is 16.9. The van der Waals surface area contributed by atoms with E-state index < -0.39 is 22.6 Å². The van der Waals surface area contributed by atoms with Gasteiger partial charge in [0.1, 0.15) is 0 Å². The minimum atomic E-state index is -3.96. The number of anilines is 1. The Hall–Kier alpha value is -2.91. The van der Waals surface area contributed by atoms with Gasteiger partial charge in [-0.3, -0.25) is 4.79 Å². The van der Waals surface area contributed by atoms with Crippen LogP contribution >= 0.6 is 0 Å². The molecule has 0 aliphatic heterocycles. The number of nitrogens with zero attached hydrogens (tertiary/aromatic N) is 2. The quantitative estimate of drug-likeness (QED) is 0.682. The maximum absolute atomic E-state index is 12.3. The van der Waals surface area contributed by atoms with E-state index >= 15 is 0 Å². The zero-order chi connectivity index (χ0) is 21.8. The lowest BCUT2D eigenvalue weighted by Crippen LogP contribution is -2.30. The van der Waals surface area contributed by atoms with E-state index in [0.717, 1.165) is 17.3 Å². The van der Waals surface area contributed by atoms with E-state index in [9.17, 15) is 18.0 Å². The Morgan fingerprint density at radius 1 is 1.03 bits per heavy atom. The Labute approximate surface area is 170 Å². The van der Waals surface area contributed by atoms with Gasteiger partial charge in [0.2, 0.25) is 10.0 Å². The number of amides is 1. The van der Waals surface area contributed by atoms with Crippen LogP contribution in [0.4, 0.5) is 5.69 Å². The molecule has 0 spiro atoms. The standard InChI is InChI=1S/C20H25N3O5S/c1-14-5-8-16(11-18(14)29(21,26)27)20(25)28-13-19(24)23(4)12-15-6-9-17(10-7-15)22(2)3/h5-11H,12-13H2,1-4H3,(H2,21,26,27). The highest BCUT2D eigenvalue weighted by Crippen LogP contribution is 2.17. The van der Waals surface area contributed by atoms with Crippen LogP contribution in [0.3, 0.4) is 0 Å². The lowest BCUT2D eigenvalue weighted by atomic mass is 10.1. The molecule has 2 aromatic carbocycles. The topological polar surface area (TPSA) is 110 Å². The summed E-state index contributed by atoms with van der Waals surface area (Å²) in [6, 6.07) is 11.8. The highest BCUT2D eigenvalue weighted by atomic mass is 32.2. The van der Waals surface area contributed by atoms with Crippen molar-refractivity contribution in [2.45, 2.75) is 18.4 Å². The fourth-order valence-corrected chi connectivity index (χ4v) is 3.42. The first-order valence-electron chi connectivity index (χ1n) is 8.80. The second kappa shape index (κ2) is 9.06. The van der Waals surface area contributed by atoms with Gasteiger partial charge >= 0.3 is 5.97 Å². The van der Waals surface area contributed by atoms with Gasteiger partial charge in [0, 0.05) is 33.4 Å². The van der Waals surface area contributed by atoms with Crippen molar-refractivity contribution in [1.29, 1.82) is 0 Å². The second-order valence-electron chi connectivity index (χ2n) is 6.91. The summed E-state index contributed by atoms with van der Waals surface area (Å²) < 4.78 is 28.2. The number of aryl methyl sites for hydroxylation is 1. The van der Waals surface area contributed by atoms with Crippen molar-refractivity contribution < 1.29 is 22.7 Å². The SMILES string of the molecule is Cc1ccc(C(=O)OCC(=O)N(C)Cc2ccc(N(C)C)cc2)cc1S(N)(=O)=O. The number of hydrogen-bond donors (Lipinski definition) is 1. The summed E-state index contributed by atoms with van der Waals surface area (Å²) in [5.41, 5.74) is 2.41. The van der Waals surface area contributed by atoms with E-state index in [1.54, 1.807) is 14.0 Å². The van der Waals surface area contributed by atoms with Gasteiger partial charge in [-0.15, -0.1) is 0 Å². The molecular formula is C20H25N3O5S. The number of primary sulfonamides is 1. The van der Waals surface area contributed by atoms with Crippen LogP contribution in [0.15, 0.2) is 47.4 Å². The molecule has 8 nitrogen and oxygen atoms in total. The first-order chi connectivity index (χ1) is 13.5. The van der Waals surface area contributed by atoms with E-state index in [4.69, 9.17) is 9.88 Å². The number of nitrogens with two attached hydrogens (primary N) is 1. The van der Waals surface area contributed by atoms with Gasteiger partial charge in [0.15, 0.2) is 6.61 Å². The molecule has 1 amide bonds. The molecule has 2 rings (SSSR count). The van der Waals surface area contributed by atoms with Gasteiger partial charge in [0.05, 0.1) is 10.5 Å². The lowest BCUT2D eigenvalue weighted by molar-refractivity contribution is -0.133. The van der Waals surface area contributed by atoms with Crippen LogP contribution in [0.2, 0.25) is 0 Å². The largest absolute Gasteiger partial charge is 0.452 e. The van der Waals surface area contributed by atoms with E-state index in [1.165, 1.54) is 17.0 Å². The summed E-state index contributed by atoms with van der Waals surface area (Å²) in [5.74, 6) is -1.18. The van der Waals surface area contributed by atoms with Crippen LogP contribution in [-0.2, 0) is 26.1 Å². The molecule has 2 aromatic rings. The second-order valence-corrected chi connectivity index (χ2v) is 8.44. The number of ether oxygens (including phenoxy) is 1. The van der Waals surface area contributed by atoms with Crippen LogP contribution in [0, 0.1) is 6.92 Å². The van der Waals surface area contributed by atoms with Gasteiger partial charge in [-0.2, -0.15) is 0 Å². The summed E-state index contributed by atoms with van der Waals surface area (Å²) >= 11 is 0. The number of hydrogen-bond acceptors (Lipinski definition) is 6. The van der Waals surface area contributed by atoms with Crippen molar-refractivity contribution >= 4 is 27.6 Å². The molecule has 0 saturated heterocycles. The molecule has 2 N–H and O–H groups in total. The van der Waals surface area contributed by atoms with Gasteiger partial charge in [-0.05, 0) is 42.3 Å². The third kappa shape index (κ3) is 6.03. The average molecular weight is 420 g/mol. The fraction of sp³-hybridized carbons (Fsp3) is 0.300.